The minimum absolute atomic E-state index is 0.191. The molecule has 18 heavy (non-hydrogen) atoms. The lowest BCUT2D eigenvalue weighted by Crippen LogP contribution is -2.45. The lowest BCUT2D eigenvalue weighted by atomic mass is 10.0. The van der Waals surface area contributed by atoms with Crippen molar-refractivity contribution in [2.75, 3.05) is 26.2 Å². The van der Waals surface area contributed by atoms with Gasteiger partial charge in [0.25, 0.3) is 0 Å². The predicted molar refractivity (Wildman–Crippen MR) is 76.1 cm³/mol. The fraction of sp³-hybridized carbons (Fsp3) is 0.429. The minimum atomic E-state index is -0.191. The summed E-state index contributed by atoms with van der Waals surface area (Å²) in [5.41, 5.74) is 1.02. The van der Waals surface area contributed by atoms with Crippen LogP contribution in [0, 0.1) is 5.82 Å². The van der Waals surface area contributed by atoms with Gasteiger partial charge in [-0.15, -0.1) is 6.58 Å². The molecule has 0 unspecified atom stereocenters. The standard InChI is InChI=1S/C14H18BrFN2/c1-2-3-14(18-6-4-17-5-7-18)11-8-12(15)10-13(16)9-11/h2,8-10,14,17H,1,3-7H2/t14-/m0/s1. The second-order valence-corrected chi connectivity index (χ2v) is 5.44. The molecule has 98 valence electrons. The second kappa shape index (κ2) is 6.45. The van der Waals surface area contributed by atoms with E-state index in [0.717, 1.165) is 42.6 Å². The first-order valence-corrected chi connectivity index (χ1v) is 7.01. The van der Waals surface area contributed by atoms with Crippen molar-refractivity contribution in [3.05, 3.63) is 46.7 Å². The Morgan fingerprint density at radius 1 is 1.39 bits per heavy atom. The van der Waals surface area contributed by atoms with Crippen LogP contribution < -0.4 is 5.32 Å². The van der Waals surface area contributed by atoms with Crippen LogP contribution in [0.5, 0.6) is 0 Å². The van der Waals surface area contributed by atoms with Crippen LogP contribution in [0.3, 0.4) is 0 Å². The smallest absolute Gasteiger partial charge is 0.124 e. The first-order valence-electron chi connectivity index (χ1n) is 6.22. The Kier molecular flexibility index (Phi) is 4.92. The second-order valence-electron chi connectivity index (χ2n) is 4.53. The van der Waals surface area contributed by atoms with E-state index in [1.807, 2.05) is 12.1 Å². The summed E-state index contributed by atoms with van der Waals surface area (Å²) >= 11 is 3.36. The van der Waals surface area contributed by atoms with E-state index in [0.29, 0.717) is 0 Å². The summed E-state index contributed by atoms with van der Waals surface area (Å²) in [6.07, 6.45) is 2.75. The van der Waals surface area contributed by atoms with Crippen LogP contribution in [0.15, 0.2) is 35.3 Å². The average Bonchev–Trinajstić information content (AvgIpc) is 2.36. The van der Waals surface area contributed by atoms with Gasteiger partial charge in [-0.1, -0.05) is 22.0 Å². The number of benzene rings is 1. The van der Waals surface area contributed by atoms with Gasteiger partial charge in [0.1, 0.15) is 5.82 Å². The first kappa shape index (κ1) is 13.7. The molecule has 0 radical (unpaired) electrons. The number of nitrogens with zero attached hydrogens (tertiary/aromatic N) is 1. The Labute approximate surface area is 116 Å². The number of hydrogen-bond acceptors (Lipinski definition) is 2. The van der Waals surface area contributed by atoms with E-state index in [4.69, 9.17) is 0 Å². The Hall–Kier alpha value is -0.710. The third-order valence-corrected chi connectivity index (χ3v) is 3.71. The lowest BCUT2D eigenvalue weighted by Gasteiger charge is -2.34. The molecule has 1 atom stereocenters. The van der Waals surface area contributed by atoms with Crippen LogP contribution in [-0.4, -0.2) is 31.1 Å². The monoisotopic (exact) mass is 312 g/mol. The van der Waals surface area contributed by atoms with Crippen molar-refractivity contribution < 1.29 is 4.39 Å². The van der Waals surface area contributed by atoms with Gasteiger partial charge in [0.15, 0.2) is 0 Å². The van der Waals surface area contributed by atoms with E-state index in [1.54, 1.807) is 6.07 Å². The molecule has 1 N–H and O–H groups in total. The van der Waals surface area contributed by atoms with E-state index in [2.05, 4.69) is 32.7 Å². The first-order chi connectivity index (χ1) is 8.70. The maximum absolute atomic E-state index is 13.5. The Bertz CT molecular complexity index is 396. The van der Waals surface area contributed by atoms with Gasteiger partial charge in [-0.25, -0.2) is 4.39 Å². The van der Waals surface area contributed by atoms with Gasteiger partial charge in [0.05, 0.1) is 0 Å². The zero-order valence-electron chi connectivity index (χ0n) is 10.3. The Balaban J connectivity index is 2.24. The van der Waals surface area contributed by atoms with Crippen LogP contribution in [-0.2, 0) is 0 Å². The van der Waals surface area contributed by atoms with Crippen LogP contribution in [0.25, 0.3) is 0 Å². The van der Waals surface area contributed by atoms with Crippen LogP contribution in [0.4, 0.5) is 4.39 Å². The molecule has 1 fully saturated rings. The molecule has 0 spiro atoms. The number of piperazine rings is 1. The summed E-state index contributed by atoms with van der Waals surface area (Å²) in [7, 11) is 0. The summed E-state index contributed by atoms with van der Waals surface area (Å²) in [6.45, 7) is 7.78. The molecule has 1 aromatic rings. The van der Waals surface area contributed by atoms with Gasteiger partial charge in [0, 0.05) is 36.7 Å². The third-order valence-electron chi connectivity index (χ3n) is 3.25. The molecular formula is C14H18BrFN2. The van der Waals surface area contributed by atoms with Crippen molar-refractivity contribution >= 4 is 15.9 Å². The van der Waals surface area contributed by atoms with E-state index in [9.17, 15) is 4.39 Å². The molecule has 1 heterocycles. The molecule has 2 nitrogen and oxygen atoms in total. The lowest BCUT2D eigenvalue weighted by molar-refractivity contribution is 0.174. The van der Waals surface area contributed by atoms with Crippen molar-refractivity contribution in [1.29, 1.82) is 0 Å². The van der Waals surface area contributed by atoms with Crippen LogP contribution in [0.1, 0.15) is 18.0 Å². The summed E-state index contributed by atoms with van der Waals surface area (Å²) in [4.78, 5) is 2.39. The van der Waals surface area contributed by atoms with Crippen molar-refractivity contribution in [2.45, 2.75) is 12.5 Å². The fourth-order valence-corrected chi connectivity index (χ4v) is 2.90. The molecule has 0 aromatic heterocycles. The Morgan fingerprint density at radius 3 is 2.72 bits per heavy atom. The minimum Gasteiger partial charge on any atom is -0.314 e. The highest BCUT2D eigenvalue weighted by Crippen LogP contribution is 2.28. The van der Waals surface area contributed by atoms with Crippen molar-refractivity contribution in [1.82, 2.24) is 10.2 Å². The number of rotatable bonds is 4. The molecule has 1 aliphatic rings. The molecular weight excluding hydrogens is 295 g/mol. The molecule has 2 rings (SSSR count). The third kappa shape index (κ3) is 3.40. The van der Waals surface area contributed by atoms with Crippen molar-refractivity contribution in [3.63, 3.8) is 0 Å². The van der Waals surface area contributed by atoms with E-state index >= 15 is 0 Å². The largest absolute Gasteiger partial charge is 0.314 e. The fourth-order valence-electron chi connectivity index (χ4n) is 2.42. The molecule has 0 aliphatic carbocycles. The van der Waals surface area contributed by atoms with Gasteiger partial charge in [-0.05, 0) is 30.2 Å². The number of nitrogens with one attached hydrogen (secondary N) is 1. The van der Waals surface area contributed by atoms with E-state index in [1.165, 1.54) is 6.07 Å². The molecule has 1 saturated heterocycles. The van der Waals surface area contributed by atoms with Gasteiger partial charge < -0.3 is 5.32 Å². The maximum Gasteiger partial charge on any atom is 0.124 e. The predicted octanol–water partition coefficient (Wildman–Crippen LogP) is 3.11. The normalized spacial score (nSPS) is 18.6. The summed E-state index contributed by atoms with van der Waals surface area (Å²) in [6, 6.07) is 5.34. The zero-order chi connectivity index (χ0) is 13.0. The van der Waals surface area contributed by atoms with E-state index in [-0.39, 0.29) is 11.9 Å². The zero-order valence-corrected chi connectivity index (χ0v) is 11.9. The molecule has 0 bridgehead atoms. The van der Waals surface area contributed by atoms with Gasteiger partial charge in [0.2, 0.25) is 0 Å². The van der Waals surface area contributed by atoms with Gasteiger partial charge in [-0.2, -0.15) is 0 Å². The topological polar surface area (TPSA) is 15.3 Å². The molecule has 0 amide bonds. The molecule has 1 aromatic carbocycles. The summed E-state index contributed by atoms with van der Waals surface area (Å²) in [5.74, 6) is -0.191. The Morgan fingerprint density at radius 2 is 2.11 bits per heavy atom. The van der Waals surface area contributed by atoms with Crippen LogP contribution in [0.2, 0.25) is 0 Å². The number of hydrogen-bond donors (Lipinski definition) is 1. The highest BCUT2D eigenvalue weighted by atomic mass is 79.9. The molecule has 0 saturated carbocycles. The van der Waals surface area contributed by atoms with Crippen molar-refractivity contribution in [3.8, 4) is 0 Å². The molecule has 1 aliphatic heterocycles. The highest BCUT2D eigenvalue weighted by Gasteiger charge is 2.21. The average molecular weight is 313 g/mol. The SMILES string of the molecule is C=CC[C@@H](c1cc(F)cc(Br)c1)N1CCNCC1. The van der Waals surface area contributed by atoms with Crippen molar-refractivity contribution in [2.24, 2.45) is 0 Å². The maximum atomic E-state index is 13.5. The summed E-state index contributed by atoms with van der Waals surface area (Å²) in [5, 5.41) is 3.34. The quantitative estimate of drug-likeness (QED) is 0.859. The van der Waals surface area contributed by atoms with Gasteiger partial charge in [-0.3, -0.25) is 4.90 Å². The number of halogens is 2. The highest BCUT2D eigenvalue weighted by molar-refractivity contribution is 9.10. The van der Waals surface area contributed by atoms with E-state index < -0.39 is 0 Å². The van der Waals surface area contributed by atoms with Gasteiger partial charge >= 0.3 is 0 Å². The molecule has 4 heteroatoms. The summed E-state index contributed by atoms with van der Waals surface area (Å²) < 4.78 is 14.3. The van der Waals surface area contributed by atoms with Crippen LogP contribution >= 0.6 is 15.9 Å².